The zero-order valence-corrected chi connectivity index (χ0v) is 24.6. The predicted molar refractivity (Wildman–Crippen MR) is 156 cm³/mol. The lowest BCUT2D eigenvalue weighted by atomic mass is 9.98. The topological polar surface area (TPSA) is 128 Å². The summed E-state index contributed by atoms with van der Waals surface area (Å²) >= 11 is 1.50. The molecular weight excluding hydrogens is 544 g/mol. The first-order valence-electron chi connectivity index (χ1n) is 13.7. The van der Waals surface area contributed by atoms with Crippen molar-refractivity contribution in [1.82, 2.24) is 25.2 Å². The number of carbonyl (C=O) groups excluding carboxylic acids is 2. The summed E-state index contributed by atoms with van der Waals surface area (Å²) < 4.78 is 17.2. The quantitative estimate of drug-likeness (QED) is 0.361. The van der Waals surface area contributed by atoms with E-state index in [9.17, 15) is 9.59 Å². The van der Waals surface area contributed by atoms with E-state index < -0.39 is 5.60 Å². The number of aromatic nitrogens is 3. The minimum Gasteiger partial charge on any atom is -0.497 e. The first-order valence-corrected chi connectivity index (χ1v) is 14.7. The minimum atomic E-state index is -0.568. The summed E-state index contributed by atoms with van der Waals surface area (Å²) in [5.41, 5.74) is 1.05. The molecule has 2 N–H and O–H groups in total. The monoisotopic (exact) mass is 580 g/mol. The van der Waals surface area contributed by atoms with Crippen molar-refractivity contribution in [3.63, 3.8) is 0 Å². The van der Waals surface area contributed by atoms with Gasteiger partial charge in [0.05, 0.1) is 40.9 Å². The number of thioether (sulfide) groups is 1. The van der Waals surface area contributed by atoms with Gasteiger partial charge in [0.2, 0.25) is 11.8 Å². The first-order chi connectivity index (χ1) is 19.7. The number of amides is 1. The second kappa shape index (κ2) is 12.6. The Morgan fingerprint density at radius 1 is 1.20 bits per heavy atom. The Bertz CT molecular complexity index is 1410. The van der Waals surface area contributed by atoms with Gasteiger partial charge in [-0.05, 0) is 63.9 Å². The highest BCUT2D eigenvalue weighted by Crippen LogP contribution is 2.30. The van der Waals surface area contributed by atoms with Gasteiger partial charge in [-0.15, -0.1) is 11.8 Å². The largest absolute Gasteiger partial charge is 0.497 e. The molecule has 2 aromatic heterocycles. The number of nitrogens with zero attached hydrogens (tertiary/aromatic N) is 4. The number of anilines is 1. The van der Waals surface area contributed by atoms with Gasteiger partial charge in [0.25, 0.3) is 0 Å². The van der Waals surface area contributed by atoms with Crippen molar-refractivity contribution in [2.75, 3.05) is 37.9 Å². The molecule has 218 valence electrons. The average Bonchev–Trinajstić information content (AvgIpc) is 2.94. The molecule has 3 aromatic rings. The Morgan fingerprint density at radius 2 is 2.05 bits per heavy atom. The van der Waals surface area contributed by atoms with Crippen LogP contribution in [0.4, 0.5) is 5.82 Å². The summed E-state index contributed by atoms with van der Waals surface area (Å²) in [7, 11) is 1.62. The highest BCUT2D eigenvalue weighted by Gasteiger charge is 2.32. The molecule has 11 nitrogen and oxygen atoms in total. The van der Waals surface area contributed by atoms with Crippen LogP contribution in [0, 0.1) is 0 Å². The number of likely N-dealkylation sites (tertiary alicyclic amines) is 1. The van der Waals surface area contributed by atoms with Crippen molar-refractivity contribution in [2.24, 2.45) is 0 Å². The lowest BCUT2D eigenvalue weighted by Crippen LogP contribution is -2.54. The van der Waals surface area contributed by atoms with E-state index in [0.29, 0.717) is 42.9 Å². The third kappa shape index (κ3) is 7.63. The Hall–Kier alpha value is -3.48. The second-order valence-electron chi connectivity index (χ2n) is 11.2. The smallest absolute Gasteiger partial charge is 0.320 e. The fourth-order valence-corrected chi connectivity index (χ4v) is 5.73. The molecule has 41 heavy (non-hydrogen) atoms. The van der Waals surface area contributed by atoms with E-state index in [1.165, 1.54) is 18.1 Å². The highest BCUT2D eigenvalue weighted by atomic mass is 32.2. The van der Waals surface area contributed by atoms with Crippen LogP contribution in [-0.2, 0) is 20.9 Å². The summed E-state index contributed by atoms with van der Waals surface area (Å²) in [6, 6.07) is 9.70. The number of benzene rings is 1. The van der Waals surface area contributed by atoms with Crippen LogP contribution in [0.25, 0.3) is 10.9 Å². The van der Waals surface area contributed by atoms with Crippen LogP contribution in [-0.4, -0.2) is 82.0 Å². The third-order valence-electron chi connectivity index (χ3n) is 6.89. The first kappa shape index (κ1) is 29.0. The van der Waals surface area contributed by atoms with Crippen molar-refractivity contribution >= 4 is 40.4 Å². The predicted octanol–water partition coefficient (Wildman–Crippen LogP) is 3.42. The molecule has 0 saturated carbocycles. The summed E-state index contributed by atoms with van der Waals surface area (Å²) in [5.74, 6) is 1.90. The fourth-order valence-electron chi connectivity index (χ4n) is 4.97. The van der Waals surface area contributed by atoms with Gasteiger partial charge in [-0.2, -0.15) is 0 Å². The van der Waals surface area contributed by atoms with Gasteiger partial charge < -0.3 is 24.8 Å². The summed E-state index contributed by atoms with van der Waals surface area (Å²) in [5, 5.41) is 7.21. The number of ether oxygens (including phenoxy) is 3. The van der Waals surface area contributed by atoms with Gasteiger partial charge in [-0.1, -0.05) is 0 Å². The van der Waals surface area contributed by atoms with Gasteiger partial charge in [-0.25, -0.2) is 15.0 Å². The normalized spacial score (nSPS) is 19.4. The number of carbonyl (C=O) groups is 2. The van der Waals surface area contributed by atoms with Crippen molar-refractivity contribution in [3.8, 4) is 11.6 Å². The van der Waals surface area contributed by atoms with E-state index >= 15 is 0 Å². The maximum Gasteiger partial charge on any atom is 0.320 e. The van der Waals surface area contributed by atoms with Gasteiger partial charge >= 0.3 is 5.97 Å². The number of hydrogen-bond acceptors (Lipinski definition) is 11. The summed E-state index contributed by atoms with van der Waals surface area (Å²) in [6.45, 7) is 7.32. The van der Waals surface area contributed by atoms with Crippen LogP contribution in [0.1, 0.15) is 39.3 Å². The molecule has 0 aliphatic carbocycles. The Kier molecular flexibility index (Phi) is 8.91. The molecule has 0 bridgehead atoms. The number of nitrogens with one attached hydrogen (secondary N) is 2. The summed E-state index contributed by atoms with van der Waals surface area (Å²) in [6.07, 6.45) is 3.20. The molecule has 0 spiro atoms. The molecular formula is C29H36N6O5S. The van der Waals surface area contributed by atoms with Crippen LogP contribution in [0.5, 0.6) is 11.6 Å². The number of esters is 1. The number of hydrogen-bond donors (Lipinski definition) is 2. The Balaban J connectivity index is 1.25. The van der Waals surface area contributed by atoms with E-state index in [4.69, 9.17) is 14.2 Å². The van der Waals surface area contributed by atoms with Crippen LogP contribution >= 0.6 is 11.8 Å². The number of pyridine rings is 1. The van der Waals surface area contributed by atoms with E-state index in [2.05, 4.69) is 30.5 Å². The molecule has 1 fully saturated rings. The van der Waals surface area contributed by atoms with Gasteiger partial charge in [0.15, 0.2) is 0 Å². The van der Waals surface area contributed by atoms with Gasteiger partial charge in [-0.3, -0.25) is 14.5 Å². The van der Waals surface area contributed by atoms with E-state index in [-0.39, 0.29) is 30.5 Å². The maximum absolute atomic E-state index is 12.8. The highest BCUT2D eigenvalue weighted by molar-refractivity contribution is 8.00. The fraction of sp³-hybridized carbons (Fsp3) is 0.483. The zero-order chi connectivity index (χ0) is 29.0. The van der Waals surface area contributed by atoms with Gasteiger partial charge in [0.1, 0.15) is 30.1 Å². The molecule has 2 atom stereocenters. The average molecular weight is 581 g/mol. The molecule has 4 heterocycles. The zero-order valence-electron chi connectivity index (χ0n) is 23.8. The number of piperidine rings is 1. The lowest BCUT2D eigenvalue weighted by Gasteiger charge is -2.39. The third-order valence-corrected chi connectivity index (χ3v) is 7.94. The Labute approximate surface area is 243 Å². The van der Waals surface area contributed by atoms with Crippen LogP contribution in [0.2, 0.25) is 0 Å². The molecule has 0 unspecified atom stereocenters. The minimum absolute atomic E-state index is 0.00898. The number of rotatable bonds is 9. The molecule has 12 heteroatoms. The van der Waals surface area contributed by atoms with E-state index in [0.717, 1.165) is 34.3 Å². The van der Waals surface area contributed by atoms with Crippen molar-refractivity contribution in [2.45, 2.75) is 62.7 Å². The maximum atomic E-state index is 12.8. The standard InChI is InChI=1S/C29H36N6O5S/c1-29(2,3)40-26(37)14-35-13-19(30-12-18-6-10-24-27(33-18)34-25(36)16-41-24)5-7-20(35)15-39-28-22-11-21(38-4)8-9-23(22)31-17-32-28/h6,8-11,17,19-20,30H,5,7,12-16H2,1-4H3,(H,33,34,36)/t19-,20+/m1/s1. The second-order valence-corrected chi connectivity index (χ2v) is 12.2. The van der Waals surface area contributed by atoms with Crippen LogP contribution < -0.4 is 20.1 Å². The Morgan fingerprint density at radius 3 is 2.85 bits per heavy atom. The van der Waals surface area contributed by atoms with Crippen LogP contribution in [0.15, 0.2) is 41.6 Å². The molecule has 0 radical (unpaired) electrons. The molecule has 2 aliphatic rings. The van der Waals surface area contributed by atoms with Crippen molar-refractivity contribution in [1.29, 1.82) is 0 Å². The molecule has 1 saturated heterocycles. The number of methoxy groups -OCH3 is 1. The number of fused-ring (bicyclic) bond motifs is 2. The molecule has 2 aliphatic heterocycles. The van der Waals surface area contributed by atoms with E-state index in [1.807, 2.05) is 51.1 Å². The summed E-state index contributed by atoms with van der Waals surface area (Å²) in [4.78, 5) is 41.0. The molecule has 1 aromatic carbocycles. The molecule has 1 amide bonds. The SMILES string of the molecule is COc1ccc2ncnc(OC[C@@H]3CC[C@@H](NCc4ccc5c(n4)NC(=O)CS5)CN3CC(=O)OC(C)(C)C)c2c1. The van der Waals surface area contributed by atoms with Gasteiger partial charge in [0, 0.05) is 25.2 Å². The van der Waals surface area contributed by atoms with Crippen molar-refractivity contribution < 1.29 is 23.8 Å². The van der Waals surface area contributed by atoms with E-state index in [1.54, 1.807) is 7.11 Å². The molecule has 5 rings (SSSR count). The van der Waals surface area contributed by atoms with Crippen molar-refractivity contribution in [3.05, 3.63) is 42.4 Å². The lowest BCUT2D eigenvalue weighted by molar-refractivity contribution is -0.157. The van der Waals surface area contributed by atoms with Crippen LogP contribution in [0.3, 0.4) is 0 Å².